The predicted molar refractivity (Wildman–Crippen MR) is 67.6 cm³/mol. The topological polar surface area (TPSA) is 66.2 Å². The number of benzene rings is 1. The van der Waals surface area contributed by atoms with Crippen LogP contribution in [0, 0.1) is 0 Å². The zero-order chi connectivity index (χ0) is 13.2. The van der Waals surface area contributed by atoms with Crippen LogP contribution >= 0.6 is 0 Å². The van der Waals surface area contributed by atoms with Gasteiger partial charge in [0.2, 0.25) is 0 Å². The average molecular weight is 275 g/mol. The minimum absolute atomic E-state index is 0. The first-order chi connectivity index (χ1) is 9.22. The molecule has 4 nitrogen and oxygen atoms in total. The summed E-state index contributed by atoms with van der Waals surface area (Å²) in [7, 11) is 0. The normalized spacial score (nSPS) is 10.2. The molecule has 0 bridgehead atoms. The smallest absolute Gasteiger partial charge is 0.542 e. The first kappa shape index (κ1) is 14.8. The molecular weight excluding hydrogens is 265 g/mol. The fourth-order valence-corrected chi connectivity index (χ4v) is 2.02. The summed E-state index contributed by atoms with van der Waals surface area (Å²) in [5.41, 5.74) is 2.56. The summed E-state index contributed by atoms with van der Waals surface area (Å²) in [4.78, 5) is 15.0. The van der Waals surface area contributed by atoms with Gasteiger partial charge in [0.25, 0.3) is 0 Å². The number of aromatic nitrogens is 1. The van der Waals surface area contributed by atoms with Crippen molar-refractivity contribution in [3.05, 3.63) is 65.7 Å². The number of carbonyl (C=O) groups excluding carboxylic acids is 1. The number of hydrogen-bond acceptors (Lipinski definition) is 4. The maximum absolute atomic E-state index is 10.7. The molecule has 0 aliphatic heterocycles. The molecule has 94 valence electrons. The van der Waals surface area contributed by atoms with E-state index in [-0.39, 0.29) is 35.3 Å². The molecule has 0 fully saturated rings. The van der Waals surface area contributed by atoms with Crippen molar-refractivity contribution in [1.82, 2.24) is 4.98 Å². The summed E-state index contributed by atoms with van der Waals surface area (Å²) in [6.45, 7) is 0. The maximum Gasteiger partial charge on any atom is 1.00 e. The van der Waals surface area contributed by atoms with Gasteiger partial charge < -0.3 is 14.3 Å². The summed E-state index contributed by atoms with van der Waals surface area (Å²) in [5.74, 6) is -1.45. The van der Waals surface area contributed by atoms with E-state index in [1.54, 1.807) is 12.3 Å². The van der Waals surface area contributed by atoms with Gasteiger partial charge in [-0.2, -0.15) is 0 Å². The summed E-state index contributed by atoms with van der Waals surface area (Å²) in [5, 5.41) is 11.5. The van der Waals surface area contributed by atoms with Crippen molar-refractivity contribution in [1.29, 1.82) is 0 Å². The van der Waals surface area contributed by atoms with Gasteiger partial charge in [-0.1, -0.05) is 12.1 Å². The summed E-state index contributed by atoms with van der Waals surface area (Å²) < 4.78 is 5.16. The molecule has 3 aromatic rings. The molecule has 0 spiro atoms. The number of carbonyl (C=O) groups is 1. The van der Waals surface area contributed by atoms with Crippen LogP contribution in [0.1, 0.15) is 21.8 Å². The van der Waals surface area contributed by atoms with Crippen LogP contribution in [0.5, 0.6) is 0 Å². The third-order valence-corrected chi connectivity index (χ3v) is 2.89. The van der Waals surface area contributed by atoms with Crippen molar-refractivity contribution >= 4 is 16.9 Å². The van der Waals surface area contributed by atoms with Crippen molar-refractivity contribution in [3.8, 4) is 0 Å². The van der Waals surface area contributed by atoms with Crippen LogP contribution in [-0.4, -0.2) is 11.0 Å². The molecule has 2 heterocycles. The zero-order valence-corrected chi connectivity index (χ0v) is 13.0. The number of pyridine rings is 1. The molecule has 0 unspecified atom stereocenters. The molecule has 2 aromatic heterocycles. The quantitative estimate of drug-likeness (QED) is 0.562. The number of aromatic carboxylic acids is 1. The molecule has 0 aliphatic rings. The van der Waals surface area contributed by atoms with E-state index < -0.39 is 5.97 Å². The van der Waals surface area contributed by atoms with Gasteiger partial charge in [-0.25, -0.2) is 0 Å². The van der Waals surface area contributed by atoms with E-state index in [0.29, 0.717) is 12.0 Å². The average Bonchev–Trinajstić information content (AvgIpc) is 2.83. The number of carboxylic acids is 1. The molecule has 3 rings (SSSR count). The number of nitrogens with zero attached hydrogens (tertiary/aromatic N) is 1. The molecule has 20 heavy (non-hydrogen) atoms. The largest absolute Gasteiger partial charge is 1.00 e. The van der Waals surface area contributed by atoms with Crippen LogP contribution in [0.15, 0.2) is 53.1 Å². The van der Waals surface area contributed by atoms with Gasteiger partial charge in [-0.05, 0) is 35.9 Å². The Bertz CT molecular complexity index is 737. The minimum Gasteiger partial charge on any atom is -0.542 e. The van der Waals surface area contributed by atoms with Crippen LogP contribution in [-0.2, 0) is 6.42 Å². The van der Waals surface area contributed by atoms with Gasteiger partial charge in [-0.3, -0.25) is 4.98 Å². The Morgan fingerprint density at radius 1 is 1.20 bits per heavy atom. The third-order valence-electron chi connectivity index (χ3n) is 2.89. The van der Waals surface area contributed by atoms with E-state index in [4.69, 9.17) is 4.42 Å². The van der Waals surface area contributed by atoms with Crippen molar-refractivity contribution in [2.45, 2.75) is 6.42 Å². The van der Waals surface area contributed by atoms with Crippen molar-refractivity contribution in [2.24, 2.45) is 0 Å². The molecule has 0 saturated carbocycles. The van der Waals surface area contributed by atoms with E-state index in [0.717, 1.165) is 16.6 Å². The van der Waals surface area contributed by atoms with Gasteiger partial charge in [0.1, 0.15) is 11.6 Å². The Morgan fingerprint density at radius 2 is 2.05 bits per heavy atom. The van der Waals surface area contributed by atoms with Crippen LogP contribution in [0.4, 0.5) is 0 Å². The molecular formula is C15H10NNaO3. The number of rotatable bonds is 3. The second-order valence-electron chi connectivity index (χ2n) is 4.27. The van der Waals surface area contributed by atoms with Crippen LogP contribution in [0.3, 0.4) is 0 Å². The Balaban J connectivity index is 0.00000147. The first-order valence-electron chi connectivity index (χ1n) is 5.86. The molecule has 0 N–H and O–H groups in total. The summed E-state index contributed by atoms with van der Waals surface area (Å²) in [6.07, 6.45) is 2.45. The third kappa shape index (κ3) is 3.10. The van der Waals surface area contributed by atoms with Gasteiger partial charge in [0.15, 0.2) is 5.76 Å². The van der Waals surface area contributed by atoms with Crippen molar-refractivity contribution in [2.75, 3.05) is 0 Å². The van der Waals surface area contributed by atoms with E-state index in [1.807, 2.05) is 30.3 Å². The minimum atomic E-state index is -1.30. The van der Waals surface area contributed by atoms with Crippen LogP contribution in [0.2, 0.25) is 0 Å². The number of carboxylic acid groups (broad SMARTS) is 1. The number of furan rings is 1. The SMILES string of the molecule is O=C([O-])c1cc2cc(Cc3ccccn3)ccc2o1.[Na+]. The summed E-state index contributed by atoms with van der Waals surface area (Å²) in [6, 6.07) is 12.8. The van der Waals surface area contributed by atoms with Crippen molar-refractivity contribution in [3.63, 3.8) is 0 Å². The Hall–Kier alpha value is -1.62. The van der Waals surface area contributed by atoms with Gasteiger partial charge in [0.05, 0.1) is 0 Å². The fraction of sp³-hybridized carbons (Fsp3) is 0.0667. The van der Waals surface area contributed by atoms with Gasteiger partial charge >= 0.3 is 29.6 Å². The van der Waals surface area contributed by atoms with E-state index in [9.17, 15) is 9.90 Å². The zero-order valence-electron chi connectivity index (χ0n) is 11.0. The van der Waals surface area contributed by atoms with E-state index >= 15 is 0 Å². The van der Waals surface area contributed by atoms with E-state index in [1.165, 1.54) is 6.07 Å². The predicted octanol–water partition coefficient (Wildman–Crippen LogP) is -1.21. The second-order valence-corrected chi connectivity index (χ2v) is 4.27. The Kier molecular flexibility index (Phi) is 4.60. The maximum atomic E-state index is 10.7. The number of fused-ring (bicyclic) bond motifs is 1. The number of hydrogen-bond donors (Lipinski definition) is 0. The Morgan fingerprint density at radius 3 is 2.75 bits per heavy atom. The molecule has 1 aromatic carbocycles. The second kappa shape index (κ2) is 6.22. The molecule has 0 aliphatic carbocycles. The molecule has 0 amide bonds. The first-order valence-corrected chi connectivity index (χ1v) is 5.86. The van der Waals surface area contributed by atoms with Crippen LogP contribution in [0.25, 0.3) is 11.0 Å². The summed E-state index contributed by atoms with van der Waals surface area (Å²) >= 11 is 0. The molecule has 0 radical (unpaired) electrons. The Labute approximate surface area is 137 Å². The monoisotopic (exact) mass is 275 g/mol. The van der Waals surface area contributed by atoms with E-state index in [2.05, 4.69) is 4.98 Å². The molecule has 0 saturated heterocycles. The van der Waals surface area contributed by atoms with Gasteiger partial charge in [-0.15, -0.1) is 0 Å². The van der Waals surface area contributed by atoms with Crippen molar-refractivity contribution < 1.29 is 43.9 Å². The molecule has 0 atom stereocenters. The van der Waals surface area contributed by atoms with Gasteiger partial charge in [0, 0.05) is 23.7 Å². The molecule has 5 heteroatoms. The van der Waals surface area contributed by atoms with Crippen LogP contribution < -0.4 is 34.7 Å². The fourth-order valence-electron chi connectivity index (χ4n) is 2.02. The standard InChI is InChI=1S/C15H11NO3.Na/c17-15(18)14-9-11-7-10(4-5-13(11)19-14)8-12-3-1-2-6-16-12;/h1-7,9H,8H2,(H,17,18);/q;+1/p-1.